The highest BCUT2D eigenvalue weighted by atomic mass is 35.5. The first-order chi connectivity index (χ1) is 10.1. The Hall–Kier alpha value is -1.43. The SMILES string of the molecule is CC1CN(Cc2noc(-c3ccccc3Cl)n2)CC(C)N1. The summed E-state index contributed by atoms with van der Waals surface area (Å²) >= 11 is 6.15. The minimum absolute atomic E-state index is 0.476. The van der Waals surface area contributed by atoms with Crippen LogP contribution in [0, 0.1) is 0 Å². The summed E-state index contributed by atoms with van der Waals surface area (Å²) in [6.07, 6.45) is 0. The number of nitrogens with zero attached hydrogens (tertiary/aromatic N) is 3. The molecule has 0 radical (unpaired) electrons. The van der Waals surface area contributed by atoms with Crippen LogP contribution in [0.5, 0.6) is 0 Å². The summed E-state index contributed by atoms with van der Waals surface area (Å²) in [5.74, 6) is 1.18. The molecule has 5 nitrogen and oxygen atoms in total. The maximum atomic E-state index is 6.15. The number of nitrogens with one attached hydrogen (secondary N) is 1. The number of hydrogen-bond donors (Lipinski definition) is 1. The lowest BCUT2D eigenvalue weighted by atomic mass is 10.1. The Morgan fingerprint density at radius 3 is 2.71 bits per heavy atom. The molecule has 21 heavy (non-hydrogen) atoms. The van der Waals surface area contributed by atoms with Crippen LogP contribution in [0.15, 0.2) is 28.8 Å². The summed E-state index contributed by atoms with van der Waals surface area (Å²) in [4.78, 5) is 6.80. The fourth-order valence-electron chi connectivity index (χ4n) is 2.83. The van der Waals surface area contributed by atoms with Crippen molar-refractivity contribution >= 4 is 11.6 Å². The third-order valence-corrected chi connectivity index (χ3v) is 3.90. The van der Waals surface area contributed by atoms with E-state index < -0.39 is 0 Å². The quantitative estimate of drug-likeness (QED) is 0.944. The average molecular weight is 307 g/mol. The van der Waals surface area contributed by atoms with E-state index in [1.165, 1.54) is 0 Å². The molecule has 1 saturated heterocycles. The zero-order valence-electron chi connectivity index (χ0n) is 12.2. The van der Waals surface area contributed by atoms with Gasteiger partial charge < -0.3 is 9.84 Å². The van der Waals surface area contributed by atoms with Crippen LogP contribution < -0.4 is 5.32 Å². The van der Waals surface area contributed by atoms with Crippen LogP contribution in [-0.2, 0) is 6.54 Å². The molecule has 2 atom stereocenters. The Kier molecular flexibility index (Phi) is 4.24. The number of aromatic nitrogens is 2. The summed E-state index contributed by atoms with van der Waals surface area (Å²) in [6.45, 7) is 7.05. The van der Waals surface area contributed by atoms with Crippen molar-refractivity contribution in [1.29, 1.82) is 0 Å². The van der Waals surface area contributed by atoms with E-state index in [1.54, 1.807) is 0 Å². The topological polar surface area (TPSA) is 54.2 Å². The van der Waals surface area contributed by atoms with Gasteiger partial charge in [0.15, 0.2) is 5.82 Å². The predicted molar refractivity (Wildman–Crippen MR) is 82.1 cm³/mol. The summed E-state index contributed by atoms with van der Waals surface area (Å²) in [6, 6.07) is 8.44. The fraction of sp³-hybridized carbons (Fsp3) is 0.467. The minimum Gasteiger partial charge on any atom is -0.334 e. The Bertz CT molecular complexity index is 605. The van der Waals surface area contributed by atoms with Gasteiger partial charge in [-0.1, -0.05) is 28.9 Å². The molecule has 2 aromatic rings. The van der Waals surface area contributed by atoms with Crippen LogP contribution >= 0.6 is 11.6 Å². The van der Waals surface area contributed by atoms with Gasteiger partial charge >= 0.3 is 0 Å². The molecule has 1 aliphatic heterocycles. The van der Waals surface area contributed by atoms with Crippen molar-refractivity contribution in [3.05, 3.63) is 35.1 Å². The number of halogens is 1. The highest BCUT2D eigenvalue weighted by Gasteiger charge is 2.22. The van der Waals surface area contributed by atoms with Gasteiger partial charge in [-0.3, -0.25) is 4.90 Å². The van der Waals surface area contributed by atoms with Crippen molar-refractivity contribution in [2.24, 2.45) is 0 Å². The second-order valence-corrected chi connectivity index (χ2v) is 6.07. The van der Waals surface area contributed by atoms with E-state index in [0.717, 1.165) is 18.7 Å². The summed E-state index contributed by atoms with van der Waals surface area (Å²) < 4.78 is 5.34. The number of rotatable bonds is 3. The Balaban J connectivity index is 1.72. The van der Waals surface area contributed by atoms with Gasteiger partial charge in [0.25, 0.3) is 5.89 Å². The normalized spacial score (nSPS) is 23.4. The van der Waals surface area contributed by atoms with Crippen molar-refractivity contribution in [3.63, 3.8) is 0 Å². The first-order valence-corrected chi connectivity index (χ1v) is 7.55. The molecule has 1 aromatic heterocycles. The molecule has 0 spiro atoms. The smallest absolute Gasteiger partial charge is 0.259 e. The van der Waals surface area contributed by atoms with Crippen molar-refractivity contribution in [2.45, 2.75) is 32.5 Å². The maximum absolute atomic E-state index is 6.15. The molecule has 1 aliphatic rings. The first-order valence-electron chi connectivity index (χ1n) is 7.17. The summed E-state index contributed by atoms with van der Waals surface area (Å²) in [5, 5.41) is 8.20. The van der Waals surface area contributed by atoms with Gasteiger partial charge in [0.05, 0.1) is 17.1 Å². The number of benzene rings is 1. The average Bonchev–Trinajstić information content (AvgIpc) is 2.86. The molecule has 3 rings (SSSR count). The first kappa shape index (κ1) is 14.5. The molecule has 2 heterocycles. The number of piperazine rings is 1. The van der Waals surface area contributed by atoms with Gasteiger partial charge in [-0.15, -0.1) is 0 Å². The van der Waals surface area contributed by atoms with Crippen molar-refractivity contribution in [1.82, 2.24) is 20.4 Å². The van der Waals surface area contributed by atoms with E-state index in [1.807, 2.05) is 24.3 Å². The lowest BCUT2D eigenvalue weighted by Crippen LogP contribution is -2.53. The Morgan fingerprint density at radius 1 is 1.29 bits per heavy atom. The van der Waals surface area contributed by atoms with Crippen molar-refractivity contribution < 1.29 is 4.52 Å². The molecule has 112 valence electrons. The van der Waals surface area contributed by atoms with Gasteiger partial charge in [-0.2, -0.15) is 4.98 Å². The van der Waals surface area contributed by atoms with E-state index in [-0.39, 0.29) is 0 Å². The van der Waals surface area contributed by atoms with E-state index in [0.29, 0.717) is 35.4 Å². The lowest BCUT2D eigenvalue weighted by molar-refractivity contribution is 0.161. The highest BCUT2D eigenvalue weighted by Crippen LogP contribution is 2.26. The molecule has 6 heteroatoms. The fourth-order valence-corrected chi connectivity index (χ4v) is 3.05. The summed E-state index contributed by atoms with van der Waals surface area (Å²) in [5.41, 5.74) is 0.778. The largest absolute Gasteiger partial charge is 0.334 e. The van der Waals surface area contributed by atoms with Gasteiger partial charge in [-0.25, -0.2) is 0 Å². The molecule has 1 aromatic carbocycles. The van der Waals surface area contributed by atoms with E-state index in [2.05, 4.69) is 34.2 Å². The molecule has 0 bridgehead atoms. The van der Waals surface area contributed by atoms with Crippen LogP contribution in [-0.4, -0.2) is 40.2 Å². The predicted octanol–water partition coefficient (Wildman–Crippen LogP) is 2.57. The molecule has 1 fully saturated rings. The van der Waals surface area contributed by atoms with Crippen LogP contribution in [0.3, 0.4) is 0 Å². The van der Waals surface area contributed by atoms with Gasteiger partial charge in [0, 0.05) is 25.2 Å². The third kappa shape index (κ3) is 3.43. The Morgan fingerprint density at radius 2 is 2.00 bits per heavy atom. The highest BCUT2D eigenvalue weighted by molar-refractivity contribution is 6.33. The van der Waals surface area contributed by atoms with Crippen molar-refractivity contribution in [2.75, 3.05) is 13.1 Å². The van der Waals surface area contributed by atoms with Gasteiger partial charge in [0.1, 0.15) is 0 Å². The summed E-state index contributed by atoms with van der Waals surface area (Å²) in [7, 11) is 0. The zero-order valence-corrected chi connectivity index (χ0v) is 13.0. The third-order valence-electron chi connectivity index (χ3n) is 3.57. The van der Waals surface area contributed by atoms with Crippen molar-refractivity contribution in [3.8, 4) is 11.5 Å². The zero-order chi connectivity index (χ0) is 14.8. The lowest BCUT2D eigenvalue weighted by Gasteiger charge is -2.35. The molecule has 0 saturated carbocycles. The molecule has 2 unspecified atom stereocenters. The minimum atomic E-state index is 0.476. The standard InChI is InChI=1S/C15H19ClN4O/c1-10-7-20(8-11(2)17-10)9-14-18-15(21-19-14)12-5-3-4-6-13(12)16/h3-6,10-11,17H,7-9H2,1-2H3. The van der Waals surface area contributed by atoms with Crippen LogP contribution in [0.4, 0.5) is 0 Å². The maximum Gasteiger partial charge on any atom is 0.259 e. The monoisotopic (exact) mass is 306 g/mol. The van der Waals surface area contributed by atoms with Crippen LogP contribution in [0.25, 0.3) is 11.5 Å². The van der Waals surface area contributed by atoms with E-state index in [9.17, 15) is 0 Å². The molecule has 1 N–H and O–H groups in total. The van der Waals surface area contributed by atoms with Gasteiger partial charge in [0.2, 0.25) is 0 Å². The van der Waals surface area contributed by atoms with E-state index in [4.69, 9.17) is 16.1 Å². The van der Waals surface area contributed by atoms with Crippen LogP contribution in [0.1, 0.15) is 19.7 Å². The Labute approximate surface area is 129 Å². The number of hydrogen-bond acceptors (Lipinski definition) is 5. The van der Waals surface area contributed by atoms with Crippen LogP contribution in [0.2, 0.25) is 5.02 Å². The second-order valence-electron chi connectivity index (χ2n) is 5.66. The molecular weight excluding hydrogens is 288 g/mol. The van der Waals surface area contributed by atoms with Gasteiger partial charge in [-0.05, 0) is 26.0 Å². The molecule has 0 aliphatic carbocycles. The van der Waals surface area contributed by atoms with E-state index >= 15 is 0 Å². The molecular formula is C15H19ClN4O. The second kappa shape index (κ2) is 6.13. The molecule has 0 amide bonds.